The maximum Gasteiger partial charge on any atom is 0.409 e. The fourth-order valence-electron chi connectivity index (χ4n) is 2.27. The summed E-state index contributed by atoms with van der Waals surface area (Å²) in [7, 11) is 0. The lowest BCUT2D eigenvalue weighted by Crippen LogP contribution is -2.47. The van der Waals surface area contributed by atoms with Gasteiger partial charge in [-0.15, -0.1) is 0 Å². The molecule has 18 heavy (non-hydrogen) atoms. The molecule has 2 aliphatic rings. The summed E-state index contributed by atoms with van der Waals surface area (Å²) in [5.41, 5.74) is 0. The van der Waals surface area contributed by atoms with E-state index in [-0.39, 0.29) is 6.09 Å². The van der Waals surface area contributed by atoms with E-state index in [0.717, 1.165) is 25.0 Å². The van der Waals surface area contributed by atoms with E-state index in [2.05, 4.69) is 0 Å². The van der Waals surface area contributed by atoms with Crippen molar-refractivity contribution in [2.24, 2.45) is 0 Å². The first-order valence-electron chi connectivity index (χ1n) is 6.44. The Kier molecular flexibility index (Phi) is 5.14. The third kappa shape index (κ3) is 3.52. The van der Waals surface area contributed by atoms with Crippen LogP contribution in [-0.4, -0.2) is 61.7 Å². The monoisotopic (exact) mass is 275 g/mol. The van der Waals surface area contributed by atoms with Crippen LogP contribution in [0.25, 0.3) is 0 Å². The van der Waals surface area contributed by atoms with Crippen molar-refractivity contribution >= 4 is 17.9 Å². The maximum atomic E-state index is 11.8. The SMILES string of the molecule is CSCCCOC(=O)N1CCC2(CC1)OCCO2. The number of piperidine rings is 1. The van der Waals surface area contributed by atoms with Gasteiger partial charge < -0.3 is 19.1 Å². The number of nitrogens with zero attached hydrogens (tertiary/aromatic N) is 1. The second kappa shape index (κ2) is 6.63. The van der Waals surface area contributed by atoms with Crippen LogP contribution >= 0.6 is 11.8 Å². The first-order valence-corrected chi connectivity index (χ1v) is 7.84. The van der Waals surface area contributed by atoms with Gasteiger partial charge in [0.2, 0.25) is 0 Å². The molecule has 0 saturated carbocycles. The van der Waals surface area contributed by atoms with Crippen molar-refractivity contribution in [2.45, 2.75) is 25.0 Å². The molecule has 0 aromatic rings. The van der Waals surface area contributed by atoms with E-state index >= 15 is 0 Å². The summed E-state index contributed by atoms with van der Waals surface area (Å²) in [5.74, 6) is 0.605. The van der Waals surface area contributed by atoms with Crippen LogP contribution in [0, 0.1) is 0 Å². The third-order valence-electron chi connectivity index (χ3n) is 3.32. The number of carbonyl (C=O) groups is 1. The summed E-state index contributed by atoms with van der Waals surface area (Å²) in [6.07, 6.45) is 4.24. The first-order chi connectivity index (χ1) is 8.76. The topological polar surface area (TPSA) is 48.0 Å². The molecule has 2 rings (SSSR count). The molecule has 0 N–H and O–H groups in total. The molecule has 2 fully saturated rings. The Balaban J connectivity index is 1.67. The van der Waals surface area contributed by atoms with Crippen LogP contribution in [0.4, 0.5) is 4.79 Å². The molecule has 2 heterocycles. The fourth-order valence-corrected chi connectivity index (χ4v) is 2.68. The van der Waals surface area contributed by atoms with Crippen molar-refractivity contribution in [3.05, 3.63) is 0 Å². The van der Waals surface area contributed by atoms with Gasteiger partial charge in [0, 0.05) is 25.9 Å². The Labute approximate surface area is 112 Å². The predicted molar refractivity (Wildman–Crippen MR) is 69.8 cm³/mol. The van der Waals surface area contributed by atoms with E-state index < -0.39 is 5.79 Å². The standard InChI is InChI=1S/C12H21NO4S/c1-18-10-2-7-15-11(14)13-5-3-12(4-6-13)16-8-9-17-12/h2-10H2,1H3. The minimum atomic E-state index is -0.421. The van der Waals surface area contributed by atoms with E-state index in [1.54, 1.807) is 16.7 Å². The number of rotatable bonds is 4. The molecule has 104 valence electrons. The van der Waals surface area contributed by atoms with Gasteiger partial charge in [-0.3, -0.25) is 0 Å². The number of amides is 1. The van der Waals surface area contributed by atoms with Gasteiger partial charge in [0.25, 0.3) is 0 Å². The van der Waals surface area contributed by atoms with Crippen molar-refractivity contribution in [3.8, 4) is 0 Å². The van der Waals surface area contributed by atoms with Crippen LogP contribution in [0.5, 0.6) is 0 Å². The molecule has 1 spiro atoms. The van der Waals surface area contributed by atoms with Gasteiger partial charge in [-0.25, -0.2) is 4.79 Å². The van der Waals surface area contributed by atoms with Crippen LogP contribution in [0.1, 0.15) is 19.3 Å². The highest BCUT2D eigenvalue weighted by Gasteiger charge is 2.41. The first kappa shape index (κ1) is 14.0. The number of hydrogen-bond acceptors (Lipinski definition) is 5. The van der Waals surface area contributed by atoms with Gasteiger partial charge in [0.1, 0.15) is 0 Å². The second-order valence-electron chi connectivity index (χ2n) is 4.56. The van der Waals surface area contributed by atoms with E-state index in [4.69, 9.17) is 14.2 Å². The van der Waals surface area contributed by atoms with Gasteiger partial charge in [0.05, 0.1) is 19.8 Å². The van der Waals surface area contributed by atoms with Crippen molar-refractivity contribution in [2.75, 3.05) is 44.9 Å². The van der Waals surface area contributed by atoms with Crippen LogP contribution in [-0.2, 0) is 14.2 Å². The highest BCUT2D eigenvalue weighted by molar-refractivity contribution is 7.98. The summed E-state index contributed by atoms with van der Waals surface area (Å²) in [6, 6.07) is 0. The normalized spacial score (nSPS) is 22.4. The van der Waals surface area contributed by atoms with Crippen molar-refractivity contribution < 1.29 is 19.0 Å². The van der Waals surface area contributed by atoms with Gasteiger partial charge in [-0.2, -0.15) is 11.8 Å². The van der Waals surface area contributed by atoms with Crippen LogP contribution < -0.4 is 0 Å². The zero-order valence-electron chi connectivity index (χ0n) is 10.9. The minimum Gasteiger partial charge on any atom is -0.449 e. The molecule has 0 aromatic heterocycles. The zero-order chi connectivity index (χ0) is 12.8. The molecule has 2 aliphatic heterocycles. The summed E-state index contributed by atoms with van der Waals surface area (Å²) in [6.45, 7) is 3.15. The Hall–Kier alpha value is -0.460. The van der Waals surface area contributed by atoms with Crippen LogP contribution in [0.3, 0.4) is 0 Å². The highest BCUT2D eigenvalue weighted by atomic mass is 32.2. The average Bonchev–Trinajstić information content (AvgIpc) is 2.84. The highest BCUT2D eigenvalue weighted by Crippen LogP contribution is 2.31. The molecular weight excluding hydrogens is 254 g/mol. The number of carbonyl (C=O) groups excluding carboxylic acids is 1. The average molecular weight is 275 g/mol. The molecule has 0 bridgehead atoms. The molecular formula is C12H21NO4S. The summed E-state index contributed by atoms with van der Waals surface area (Å²) >= 11 is 1.76. The largest absolute Gasteiger partial charge is 0.449 e. The van der Waals surface area contributed by atoms with E-state index in [1.165, 1.54) is 0 Å². The number of ether oxygens (including phenoxy) is 3. The Bertz CT molecular complexity index is 271. The third-order valence-corrected chi connectivity index (χ3v) is 4.01. The van der Waals surface area contributed by atoms with E-state index in [1.807, 2.05) is 6.26 Å². The van der Waals surface area contributed by atoms with E-state index in [9.17, 15) is 4.79 Å². The molecule has 5 nitrogen and oxygen atoms in total. The van der Waals surface area contributed by atoms with Crippen molar-refractivity contribution in [3.63, 3.8) is 0 Å². The number of likely N-dealkylation sites (tertiary alicyclic amines) is 1. The molecule has 0 aromatic carbocycles. The Morgan fingerprint density at radius 1 is 1.33 bits per heavy atom. The molecule has 0 radical (unpaired) electrons. The zero-order valence-corrected chi connectivity index (χ0v) is 11.7. The Morgan fingerprint density at radius 2 is 2.00 bits per heavy atom. The quantitative estimate of drug-likeness (QED) is 0.731. The van der Waals surface area contributed by atoms with Crippen molar-refractivity contribution in [1.82, 2.24) is 4.90 Å². The molecule has 1 amide bonds. The van der Waals surface area contributed by atoms with Gasteiger partial charge in [0.15, 0.2) is 5.79 Å². The lowest BCUT2D eigenvalue weighted by molar-refractivity contribution is -0.182. The summed E-state index contributed by atoms with van der Waals surface area (Å²) in [4.78, 5) is 13.5. The van der Waals surface area contributed by atoms with Gasteiger partial charge in [-0.1, -0.05) is 0 Å². The van der Waals surface area contributed by atoms with E-state index in [0.29, 0.717) is 32.9 Å². The fraction of sp³-hybridized carbons (Fsp3) is 0.917. The maximum absolute atomic E-state index is 11.8. The summed E-state index contributed by atoms with van der Waals surface area (Å²) in [5, 5.41) is 0. The van der Waals surface area contributed by atoms with Gasteiger partial charge >= 0.3 is 6.09 Å². The minimum absolute atomic E-state index is 0.205. The smallest absolute Gasteiger partial charge is 0.409 e. The number of hydrogen-bond donors (Lipinski definition) is 0. The van der Waals surface area contributed by atoms with Crippen LogP contribution in [0.15, 0.2) is 0 Å². The molecule has 2 saturated heterocycles. The lowest BCUT2D eigenvalue weighted by atomic mass is 10.0. The molecule has 6 heteroatoms. The van der Waals surface area contributed by atoms with Crippen molar-refractivity contribution in [1.29, 1.82) is 0 Å². The van der Waals surface area contributed by atoms with Gasteiger partial charge in [-0.05, 0) is 18.4 Å². The number of thioether (sulfide) groups is 1. The molecule has 0 atom stereocenters. The Morgan fingerprint density at radius 3 is 2.61 bits per heavy atom. The predicted octanol–water partition coefficient (Wildman–Crippen LogP) is 1.72. The summed E-state index contributed by atoms with van der Waals surface area (Å²) < 4.78 is 16.5. The molecule has 0 unspecified atom stereocenters. The van der Waals surface area contributed by atoms with Crippen LogP contribution in [0.2, 0.25) is 0 Å². The molecule has 0 aliphatic carbocycles. The lowest BCUT2D eigenvalue weighted by Gasteiger charge is -2.36. The second-order valence-corrected chi connectivity index (χ2v) is 5.54.